The van der Waals surface area contributed by atoms with Crippen molar-refractivity contribution in [1.82, 2.24) is 9.13 Å². The molecule has 2 unspecified atom stereocenters. The van der Waals surface area contributed by atoms with Crippen molar-refractivity contribution in [3.05, 3.63) is 68.5 Å². The van der Waals surface area contributed by atoms with E-state index in [1.54, 1.807) is 7.05 Å². The maximum Gasteiger partial charge on any atom is 0.330 e. The molecule has 1 saturated heterocycles. The summed E-state index contributed by atoms with van der Waals surface area (Å²) in [4.78, 5) is 23.7. The van der Waals surface area contributed by atoms with Gasteiger partial charge in [0.2, 0.25) is 0 Å². The summed E-state index contributed by atoms with van der Waals surface area (Å²) in [5.41, 5.74) is 0.535. The largest absolute Gasteiger partial charge is 0.355 e. The van der Waals surface area contributed by atoms with Crippen LogP contribution in [0.2, 0.25) is 0 Å². The summed E-state index contributed by atoms with van der Waals surface area (Å²) in [5, 5.41) is 0. The highest BCUT2D eigenvalue weighted by Crippen LogP contribution is 2.55. The first-order chi connectivity index (χ1) is 9.45. The lowest BCUT2D eigenvalue weighted by atomic mass is 9.96. The van der Waals surface area contributed by atoms with Crippen molar-refractivity contribution in [3.8, 4) is 0 Å². The van der Waals surface area contributed by atoms with Gasteiger partial charge in [-0.2, -0.15) is 0 Å². The molecule has 104 valence electrons. The number of hydrogen-bond acceptors (Lipinski definition) is 3. The number of aromatic nitrogens is 2. The minimum atomic E-state index is -0.474. The smallest absolute Gasteiger partial charge is 0.330 e. The predicted octanol–water partition coefficient (Wildman–Crippen LogP) is 1.07. The first-order valence-corrected chi connectivity index (χ1v) is 6.45. The molecule has 0 spiro atoms. The maximum atomic E-state index is 12.0. The zero-order valence-corrected chi connectivity index (χ0v) is 11.7. The number of hydrogen-bond donors (Lipinski definition) is 0. The van der Waals surface area contributed by atoms with Crippen LogP contribution in [0.4, 0.5) is 0 Å². The summed E-state index contributed by atoms with van der Waals surface area (Å²) >= 11 is 0. The Kier molecular flexibility index (Phi) is 2.69. The van der Waals surface area contributed by atoms with Gasteiger partial charge in [0.05, 0.1) is 5.69 Å². The molecule has 0 saturated carbocycles. The lowest BCUT2D eigenvalue weighted by Crippen LogP contribution is -2.38. The second kappa shape index (κ2) is 4.18. The topological polar surface area (TPSA) is 56.5 Å². The molecule has 1 fully saturated rings. The molecule has 0 aliphatic carbocycles. The van der Waals surface area contributed by atoms with Gasteiger partial charge in [-0.25, -0.2) is 4.79 Å². The van der Waals surface area contributed by atoms with Gasteiger partial charge in [-0.15, -0.1) is 0 Å². The molecule has 20 heavy (non-hydrogen) atoms. The van der Waals surface area contributed by atoms with Gasteiger partial charge in [0.15, 0.2) is 0 Å². The first-order valence-electron chi connectivity index (χ1n) is 6.45. The van der Waals surface area contributed by atoms with E-state index in [0.717, 1.165) is 10.1 Å². The lowest BCUT2D eigenvalue weighted by molar-refractivity contribution is 0.310. The van der Waals surface area contributed by atoms with Crippen molar-refractivity contribution in [3.63, 3.8) is 0 Å². The number of rotatable bonds is 2. The zero-order valence-electron chi connectivity index (χ0n) is 11.7. The maximum absolute atomic E-state index is 12.0. The fourth-order valence-electron chi connectivity index (χ4n) is 2.54. The van der Waals surface area contributed by atoms with Crippen LogP contribution in [0.1, 0.15) is 24.3 Å². The summed E-state index contributed by atoms with van der Waals surface area (Å²) < 4.78 is 8.36. The SMILES string of the molecule is Cn1c(C2OC2(C)c2ccccc2)cc(=O)n(C)c1=O. The molecule has 2 aromatic rings. The first kappa shape index (κ1) is 12.9. The molecule has 3 rings (SSSR count). The molecule has 1 aliphatic rings. The summed E-state index contributed by atoms with van der Waals surface area (Å²) in [7, 11) is 3.13. The molecule has 0 radical (unpaired) electrons. The lowest BCUT2D eigenvalue weighted by Gasteiger charge is -2.10. The van der Waals surface area contributed by atoms with Crippen LogP contribution in [0.25, 0.3) is 0 Å². The van der Waals surface area contributed by atoms with Gasteiger partial charge in [0, 0.05) is 20.2 Å². The van der Waals surface area contributed by atoms with E-state index in [1.165, 1.54) is 17.7 Å². The van der Waals surface area contributed by atoms with E-state index in [1.807, 2.05) is 37.3 Å². The molecule has 0 bridgehead atoms. The fraction of sp³-hybridized carbons (Fsp3) is 0.333. The van der Waals surface area contributed by atoms with Gasteiger partial charge in [-0.1, -0.05) is 30.3 Å². The van der Waals surface area contributed by atoms with E-state index in [2.05, 4.69) is 0 Å². The van der Waals surface area contributed by atoms with Gasteiger partial charge in [0.25, 0.3) is 5.56 Å². The van der Waals surface area contributed by atoms with Gasteiger partial charge in [-0.3, -0.25) is 13.9 Å². The molecular weight excluding hydrogens is 256 g/mol. The van der Waals surface area contributed by atoms with Crippen LogP contribution < -0.4 is 11.2 Å². The van der Waals surface area contributed by atoms with Crippen molar-refractivity contribution >= 4 is 0 Å². The fourth-order valence-corrected chi connectivity index (χ4v) is 2.54. The van der Waals surface area contributed by atoms with E-state index in [4.69, 9.17) is 4.74 Å². The van der Waals surface area contributed by atoms with Crippen molar-refractivity contribution in [1.29, 1.82) is 0 Å². The number of benzene rings is 1. The number of nitrogens with zero attached hydrogens (tertiary/aromatic N) is 2. The van der Waals surface area contributed by atoms with Gasteiger partial charge >= 0.3 is 5.69 Å². The second-order valence-corrected chi connectivity index (χ2v) is 5.28. The molecule has 1 aromatic carbocycles. The van der Waals surface area contributed by atoms with Crippen LogP contribution in [0.3, 0.4) is 0 Å². The number of epoxide rings is 1. The monoisotopic (exact) mass is 272 g/mol. The molecule has 0 N–H and O–H groups in total. The summed E-state index contributed by atoms with van der Waals surface area (Å²) in [6.07, 6.45) is -0.267. The summed E-state index contributed by atoms with van der Waals surface area (Å²) in [5.74, 6) is 0. The molecule has 5 heteroatoms. The van der Waals surface area contributed by atoms with Crippen LogP contribution in [0, 0.1) is 0 Å². The summed E-state index contributed by atoms with van der Waals surface area (Å²) in [6, 6.07) is 11.3. The highest BCUT2D eigenvalue weighted by atomic mass is 16.6. The highest BCUT2D eigenvalue weighted by Gasteiger charge is 2.55. The van der Waals surface area contributed by atoms with E-state index in [0.29, 0.717) is 5.69 Å². The van der Waals surface area contributed by atoms with Gasteiger partial charge in [-0.05, 0) is 12.5 Å². The summed E-state index contributed by atoms with van der Waals surface area (Å²) in [6.45, 7) is 1.97. The van der Waals surface area contributed by atoms with Crippen LogP contribution in [0.15, 0.2) is 46.0 Å². The quantitative estimate of drug-likeness (QED) is 0.768. The van der Waals surface area contributed by atoms with Crippen LogP contribution in [-0.4, -0.2) is 9.13 Å². The molecule has 5 nitrogen and oxygen atoms in total. The third kappa shape index (κ3) is 1.74. The van der Waals surface area contributed by atoms with E-state index in [-0.39, 0.29) is 17.4 Å². The van der Waals surface area contributed by atoms with E-state index < -0.39 is 5.60 Å². The average molecular weight is 272 g/mol. The third-order valence-electron chi connectivity index (χ3n) is 3.98. The van der Waals surface area contributed by atoms with Gasteiger partial charge < -0.3 is 4.74 Å². The minimum absolute atomic E-state index is 0.267. The Labute approximate surface area is 116 Å². The van der Waals surface area contributed by atoms with Crippen molar-refractivity contribution < 1.29 is 4.74 Å². The molecule has 2 heterocycles. The highest BCUT2D eigenvalue weighted by molar-refractivity contribution is 5.32. The second-order valence-electron chi connectivity index (χ2n) is 5.28. The van der Waals surface area contributed by atoms with Crippen LogP contribution >= 0.6 is 0 Å². The Morgan fingerprint density at radius 3 is 2.40 bits per heavy atom. The van der Waals surface area contributed by atoms with E-state index in [9.17, 15) is 9.59 Å². The van der Waals surface area contributed by atoms with Gasteiger partial charge in [0.1, 0.15) is 11.7 Å². The molecular formula is C15H16N2O3. The Morgan fingerprint density at radius 2 is 1.75 bits per heavy atom. The number of ether oxygens (including phenoxy) is 1. The molecule has 1 aromatic heterocycles. The zero-order chi connectivity index (χ0) is 14.5. The van der Waals surface area contributed by atoms with E-state index >= 15 is 0 Å². The van der Waals surface area contributed by atoms with Crippen molar-refractivity contribution in [2.45, 2.75) is 18.6 Å². The third-order valence-corrected chi connectivity index (χ3v) is 3.98. The molecule has 0 amide bonds. The molecule has 1 aliphatic heterocycles. The average Bonchev–Trinajstić information content (AvgIpc) is 3.15. The minimum Gasteiger partial charge on any atom is -0.355 e. The Bertz CT molecular complexity index is 776. The predicted molar refractivity (Wildman–Crippen MR) is 74.5 cm³/mol. The van der Waals surface area contributed by atoms with Crippen molar-refractivity contribution in [2.75, 3.05) is 0 Å². The molecule has 2 atom stereocenters. The standard InChI is InChI=1S/C15H16N2O3/c1-15(10-7-5-4-6-8-10)13(20-15)11-9-12(18)17(3)14(19)16(11)2/h4-9,13H,1-3H3. The Balaban J connectivity index is 2.06. The van der Waals surface area contributed by atoms with Crippen LogP contribution in [-0.2, 0) is 24.4 Å². The van der Waals surface area contributed by atoms with Crippen molar-refractivity contribution in [2.24, 2.45) is 14.1 Å². The normalized spacial score (nSPS) is 24.6. The van der Waals surface area contributed by atoms with Crippen LogP contribution in [0.5, 0.6) is 0 Å². The Morgan fingerprint density at radius 1 is 1.10 bits per heavy atom. The Hall–Kier alpha value is -2.14.